The van der Waals surface area contributed by atoms with Crippen LogP contribution in [-0.2, 0) is 0 Å². The number of methoxy groups -OCH3 is 1. The van der Waals surface area contributed by atoms with Crippen molar-refractivity contribution in [3.05, 3.63) is 65.2 Å². The number of rotatable bonds is 4. The third-order valence-corrected chi connectivity index (χ3v) is 4.40. The maximum absolute atomic E-state index is 11.3. The fourth-order valence-corrected chi connectivity index (χ4v) is 3.00. The van der Waals surface area contributed by atoms with E-state index in [2.05, 4.69) is 11.1 Å². The number of primary amides is 1. The van der Waals surface area contributed by atoms with E-state index in [1.165, 1.54) is 0 Å². The molecule has 1 amide bonds. The molecule has 27 heavy (non-hydrogen) atoms. The highest BCUT2D eigenvalue weighted by Crippen LogP contribution is 2.36. The largest absolute Gasteiger partial charge is 0.497 e. The number of aromatic nitrogens is 1. The van der Waals surface area contributed by atoms with Gasteiger partial charge in [0.1, 0.15) is 23.2 Å². The molecule has 4 N–H and O–H groups in total. The van der Waals surface area contributed by atoms with Gasteiger partial charge in [-0.25, -0.2) is 4.98 Å². The summed E-state index contributed by atoms with van der Waals surface area (Å²) in [6.45, 7) is 1.89. The monoisotopic (exact) mass is 358 g/mol. The van der Waals surface area contributed by atoms with E-state index in [1.54, 1.807) is 31.4 Å². The number of carbonyl (C=O) groups excluding carboxylic acids is 1. The molecule has 0 bridgehead atoms. The lowest BCUT2D eigenvalue weighted by Crippen LogP contribution is -2.10. The highest BCUT2D eigenvalue weighted by molar-refractivity contribution is 5.94. The average Bonchev–Trinajstić information content (AvgIpc) is 2.69. The number of nitriles is 1. The molecular formula is C21H18N4O2. The predicted molar refractivity (Wildman–Crippen MR) is 104 cm³/mol. The van der Waals surface area contributed by atoms with Crippen molar-refractivity contribution >= 4 is 11.7 Å². The summed E-state index contributed by atoms with van der Waals surface area (Å²) < 4.78 is 5.19. The number of amides is 1. The molecule has 0 spiro atoms. The van der Waals surface area contributed by atoms with Crippen LogP contribution in [0.25, 0.3) is 22.4 Å². The molecule has 6 nitrogen and oxygen atoms in total. The van der Waals surface area contributed by atoms with Crippen molar-refractivity contribution < 1.29 is 9.53 Å². The van der Waals surface area contributed by atoms with Gasteiger partial charge in [0, 0.05) is 16.7 Å². The summed E-state index contributed by atoms with van der Waals surface area (Å²) in [4.78, 5) is 15.8. The van der Waals surface area contributed by atoms with Crippen LogP contribution in [0.3, 0.4) is 0 Å². The van der Waals surface area contributed by atoms with E-state index in [0.29, 0.717) is 22.4 Å². The lowest BCUT2D eigenvalue weighted by atomic mass is 9.92. The number of ether oxygens (including phenoxy) is 1. The minimum absolute atomic E-state index is 0.155. The van der Waals surface area contributed by atoms with Crippen molar-refractivity contribution in [3.8, 4) is 34.2 Å². The maximum atomic E-state index is 11.3. The molecule has 3 aromatic rings. The number of carbonyl (C=O) groups is 1. The molecule has 0 fully saturated rings. The SMILES string of the molecule is COc1ccc(-c2nc(N)c(C#N)c(-c3ccc(C(N)=O)cc3)c2C)cc1. The Hall–Kier alpha value is -3.85. The Morgan fingerprint density at radius 1 is 1.07 bits per heavy atom. The van der Waals surface area contributed by atoms with Crippen molar-refractivity contribution in [2.75, 3.05) is 12.8 Å². The Morgan fingerprint density at radius 2 is 1.67 bits per heavy atom. The van der Waals surface area contributed by atoms with Crippen LogP contribution in [-0.4, -0.2) is 18.0 Å². The number of hydrogen-bond donors (Lipinski definition) is 2. The minimum atomic E-state index is -0.507. The van der Waals surface area contributed by atoms with E-state index < -0.39 is 5.91 Å². The average molecular weight is 358 g/mol. The molecule has 0 saturated carbocycles. The summed E-state index contributed by atoms with van der Waals surface area (Å²) in [5.41, 5.74) is 15.9. The topological polar surface area (TPSA) is 115 Å². The molecule has 0 atom stereocenters. The Labute approximate surface area is 157 Å². The van der Waals surface area contributed by atoms with Gasteiger partial charge >= 0.3 is 0 Å². The molecule has 0 aliphatic heterocycles. The molecule has 3 rings (SSSR count). The lowest BCUT2D eigenvalue weighted by Gasteiger charge is -2.15. The van der Waals surface area contributed by atoms with Gasteiger partial charge in [-0.05, 0) is 54.4 Å². The van der Waals surface area contributed by atoms with E-state index in [4.69, 9.17) is 16.2 Å². The summed E-state index contributed by atoms with van der Waals surface area (Å²) >= 11 is 0. The Morgan fingerprint density at radius 3 is 2.19 bits per heavy atom. The Balaban J connectivity index is 2.21. The van der Waals surface area contributed by atoms with Crippen LogP contribution < -0.4 is 16.2 Å². The predicted octanol–water partition coefficient (Wildman–Crippen LogP) is 3.29. The quantitative estimate of drug-likeness (QED) is 0.742. The number of nitrogen functional groups attached to an aromatic ring is 1. The van der Waals surface area contributed by atoms with Crippen LogP contribution in [0, 0.1) is 18.3 Å². The fraction of sp³-hybridized carbons (Fsp3) is 0.0952. The molecule has 1 aromatic heterocycles. The Kier molecular flexibility index (Phi) is 4.77. The molecular weight excluding hydrogens is 340 g/mol. The first kappa shape index (κ1) is 18.0. The summed E-state index contributed by atoms with van der Waals surface area (Å²) in [6, 6.07) is 16.3. The summed E-state index contributed by atoms with van der Waals surface area (Å²) in [5, 5.41) is 9.60. The summed E-state index contributed by atoms with van der Waals surface area (Å²) in [7, 11) is 1.60. The molecule has 6 heteroatoms. The van der Waals surface area contributed by atoms with Gasteiger partial charge < -0.3 is 16.2 Å². The van der Waals surface area contributed by atoms with Gasteiger partial charge in [0.25, 0.3) is 0 Å². The second-order valence-corrected chi connectivity index (χ2v) is 6.00. The molecule has 0 aliphatic rings. The van der Waals surface area contributed by atoms with Crippen LogP contribution in [0.5, 0.6) is 5.75 Å². The normalized spacial score (nSPS) is 10.3. The fourth-order valence-electron chi connectivity index (χ4n) is 3.00. The maximum Gasteiger partial charge on any atom is 0.248 e. The smallest absolute Gasteiger partial charge is 0.248 e. The molecule has 1 heterocycles. The zero-order chi connectivity index (χ0) is 19.6. The third-order valence-electron chi connectivity index (χ3n) is 4.40. The van der Waals surface area contributed by atoms with E-state index in [-0.39, 0.29) is 5.82 Å². The summed E-state index contributed by atoms with van der Waals surface area (Å²) in [6.07, 6.45) is 0. The van der Waals surface area contributed by atoms with E-state index >= 15 is 0 Å². The Bertz CT molecular complexity index is 1050. The van der Waals surface area contributed by atoms with Crippen LogP contribution in [0.2, 0.25) is 0 Å². The van der Waals surface area contributed by atoms with Gasteiger partial charge in [-0.3, -0.25) is 4.79 Å². The number of benzene rings is 2. The molecule has 2 aromatic carbocycles. The molecule has 0 aliphatic carbocycles. The van der Waals surface area contributed by atoms with Crippen molar-refractivity contribution in [1.29, 1.82) is 5.26 Å². The highest BCUT2D eigenvalue weighted by Gasteiger charge is 2.18. The van der Waals surface area contributed by atoms with Crippen LogP contribution >= 0.6 is 0 Å². The minimum Gasteiger partial charge on any atom is -0.497 e. The first-order valence-corrected chi connectivity index (χ1v) is 8.21. The molecule has 134 valence electrons. The first-order chi connectivity index (χ1) is 13.0. The number of nitrogens with two attached hydrogens (primary N) is 2. The number of nitrogens with zero attached hydrogens (tertiary/aromatic N) is 2. The number of hydrogen-bond acceptors (Lipinski definition) is 5. The zero-order valence-corrected chi connectivity index (χ0v) is 15.0. The van der Waals surface area contributed by atoms with Crippen LogP contribution in [0.1, 0.15) is 21.5 Å². The van der Waals surface area contributed by atoms with Gasteiger partial charge in [-0.15, -0.1) is 0 Å². The molecule has 0 unspecified atom stereocenters. The van der Waals surface area contributed by atoms with Gasteiger partial charge in [0.2, 0.25) is 5.91 Å². The van der Waals surface area contributed by atoms with Crippen LogP contribution in [0.15, 0.2) is 48.5 Å². The number of anilines is 1. The zero-order valence-electron chi connectivity index (χ0n) is 15.0. The first-order valence-electron chi connectivity index (χ1n) is 8.21. The molecule has 0 radical (unpaired) electrons. The van der Waals surface area contributed by atoms with E-state index in [1.807, 2.05) is 31.2 Å². The van der Waals surface area contributed by atoms with E-state index in [0.717, 1.165) is 22.4 Å². The lowest BCUT2D eigenvalue weighted by molar-refractivity contribution is 0.100. The number of pyridine rings is 1. The third kappa shape index (κ3) is 3.31. The van der Waals surface area contributed by atoms with Gasteiger partial charge in [-0.1, -0.05) is 12.1 Å². The molecule has 0 saturated heterocycles. The van der Waals surface area contributed by atoms with Gasteiger partial charge in [-0.2, -0.15) is 5.26 Å². The van der Waals surface area contributed by atoms with Crippen molar-refractivity contribution in [2.45, 2.75) is 6.92 Å². The van der Waals surface area contributed by atoms with Gasteiger partial charge in [0.15, 0.2) is 0 Å². The van der Waals surface area contributed by atoms with E-state index in [9.17, 15) is 10.1 Å². The standard InChI is InChI=1S/C21H18N4O2/c1-12-18(13-3-5-15(6-4-13)21(24)26)17(11-22)20(23)25-19(12)14-7-9-16(27-2)10-8-14/h3-10H,1-2H3,(H2,23,25)(H2,24,26). The van der Waals surface area contributed by atoms with Crippen molar-refractivity contribution in [3.63, 3.8) is 0 Å². The van der Waals surface area contributed by atoms with Gasteiger partial charge in [0.05, 0.1) is 12.8 Å². The second-order valence-electron chi connectivity index (χ2n) is 6.00. The highest BCUT2D eigenvalue weighted by atomic mass is 16.5. The van der Waals surface area contributed by atoms with Crippen LogP contribution in [0.4, 0.5) is 5.82 Å². The summed E-state index contributed by atoms with van der Waals surface area (Å²) in [5.74, 6) is 0.384. The second kappa shape index (κ2) is 7.18. The van der Waals surface area contributed by atoms with Crippen molar-refractivity contribution in [2.24, 2.45) is 5.73 Å². The van der Waals surface area contributed by atoms with Crippen molar-refractivity contribution in [1.82, 2.24) is 4.98 Å².